The summed E-state index contributed by atoms with van der Waals surface area (Å²) in [6.45, 7) is 11.1. The molecule has 0 spiro atoms. The maximum absolute atomic E-state index is 14.3. The van der Waals surface area contributed by atoms with Crippen LogP contribution >= 0.6 is 0 Å². The van der Waals surface area contributed by atoms with Gasteiger partial charge < -0.3 is 16.2 Å². The van der Waals surface area contributed by atoms with Gasteiger partial charge in [-0.3, -0.25) is 4.99 Å². The number of allylic oxidation sites excluding steroid dienone is 5. The zero-order valence-electron chi connectivity index (χ0n) is 19.1. The molecule has 7 heteroatoms. The minimum Gasteiger partial charge on any atom is -0.397 e. The van der Waals surface area contributed by atoms with E-state index in [0.717, 1.165) is 17.2 Å². The zero-order chi connectivity index (χ0) is 24.0. The molecular formula is C24H34F2N4O. The zero-order valence-corrected chi connectivity index (χ0v) is 19.1. The van der Waals surface area contributed by atoms with Gasteiger partial charge >= 0.3 is 0 Å². The van der Waals surface area contributed by atoms with Crippen molar-refractivity contribution in [1.29, 1.82) is 0 Å². The number of aliphatic imine (C=N–C) groups is 2. The maximum Gasteiger partial charge on any atom is 0.157 e. The van der Waals surface area contributed by atoms with Crippen molar-refractivity contribution in [2.24, 2.45) is 21.5 Å². The van der Waals surface area contributed by atoms with Crippen molar-refractivity contribution < 1.29 is 13.5 Å². The number of benzene rings is 1. The molecule has 0 aliphatic heterocycles. The Hall–Kier alpha value is -2.90. The topological polar surface area (TPSA) is 86.0 Å². The standard InChI is InChI=1S/C23H29F2N3O.CH5N/c1-7-17(20(24)8-2)14-18(11-12-29-6)22(26)16(4)28-23(27-5)19-13-15(3)9-10-21(19)25;1-2/h7-10,13H,1-2,11-12,14,26H2,3-6H3;2H2,1H3/b20-17-,22-18-,27-23?,28-16?;. The first-order chi connectivity index (χ1) is 14.8. The first-order valence-corrected chi connectivity index (χ1v) is 9.75. The molecule has 0 atom stereocenters. The Kier molecular flexibility index (Phi) is 13.6. The highest BCUT2D eigenvalue weighted by Crippen LogP contribution is 2.23. The number of halogens is 2. The number of amidine groups is 1. The van der Waals surface area contributed by atoms with Crippen LogP contribution in [0.15, 0.2) is 76.2 Å². The molecule has 0 aromatic heterocycles. The summed E-state index contributed by atoms with van der Waals surface area (Å²) in [5, 5.41) is 0. The molecule has 0 heterocycles. The summed E-state index contributed by atoms with van der Waals surface area (Å²) in [5.74, 6) is -0.649. The molecule has 0 saturated carbocycles. The van der Waals surface area contributed by atoms with Crippen molar-refractivity contribution in [3.63, 3.8) is 0 Å². The average molecular weight is 433 g/mol. The van der Waals surface area contributed by atoms with Gasteiger partial charge in [0.1, 0.15) is 11.6 Å². The second kappa shape index (κ2) is 15.0. The Morgan fingerprint density at radius 1 is 1.23 bits per heavy atom. The van der Waals surface area contributed by atoms with Crippen LogP contribution in [-0.2, 0) is 4.74 Å². The lowest BCUT2D eigenvalue weighted by molar-refractivity contribution is 0.201. The summed E-state index contributed by atoms with van der Waals surface area (Å²) >= 11 is 0. The Morgan fingerprint density at radius 2 is 1.87 bits per heavy atom. The van der Waals surface area contributed by atoms with Gasteiger partial charge in [-0.25, -0.2) is 13.8 Å². The highest BCUT2D eigenvalue weighted by molar-refractivity contribution is 6.11. The molecule has 31 heavy (non-hydrogen) atoms. The Bertz CT molecular complexity index is 884. The van der Waals surface area contributed by atoms with Crippen LogP contribution < -0.4 is 11.5 Å². The Balaban J connectivity index is 0.00000436. The summed E-state index contributed by atoms with van der Waals surface area (Å²) in [6.07, 6.45) is 3.28. The maximum atomic E-state index is 14.3. The van der Waals surface area contributed by atoms with E-state index in [-0.39, 0.29) is 12.3 Å². The quantitative estimate of drug-likeness (QED) is 0.334. The molecule has 1 aromatic carbocycles. The van der Waals surface area contributed by atoms with E-state index in [0.29, 0.717) is 35.6 Å². The highest BCUT2D eigenvalue weighted by Gasteiger charge is 2.14. The second-order valence-electron chi connectivity index (χ2n) is 6.45. The number of nitrogens with two attached hydrogens (primary N) is 2. The van der Waals surface area contributed by atoms with Gasteiger partial charge in [0.25, 0.3) is 0 Å². The van der Waals surface area contributed by atoms with Crippen LogP contribution in [0.2, 0.25) is 0 Å². The van der Waals surface area contributed by atoms with Crippen LogP contribution in [0, 0.1) is 12.7 Å². The van der Waals surface area contributed by atoms with E-state index in [4.69, 9.17) is 10.5 Å². The smallest absolute Gasteiger partial charge is 0.157 e. The van der Waals surface area contributed by atoms with E-state index in [2.05, 4.69) is 28.9 Å². The SMILES string of the molecule is C=C/C(F)=C(\C=C)C/C(CCOC)=C(\N)C(C)=NC(=NC)c1cc(C)ccc1F.CN. The van der Waals surface area contributed by atoms with E-state index >= 15 is 0 Å². The average Bonchev–Trinajstić information content (AvgIpc) is 2.79. The first kappa shape index (κ1) is 28.1. The van der Waals surface area contributed by atoms with Gasteiger partial charge in [-0.05, 0) is 63.1 Å². The monoisotopic (exact) mass is 432 g/mol. The normalized spacial score (nSPS) is 13.5. The Labute approximate surface area is 184 Å². The molecule has 4 N–H and O–H groups in total. The number of aryl methyl sites for hydroxylation is 1. The van der Waals surface area contributed by atoms with E-state index in [1.54, 1.807) is 26.2 Å². The predicted octanol–water partition coefficient (Wildman–Crippen LogP) is 4.78. The number of nitrogens with zero attached hydrogens (tertiary/aromatic N) is 2. The number of rotatable bonds is 9. The fourth-order valence-electron chi connectivity index (χ4n) is 2.67. The van der Waals surface area contributed by atoms with Crippen LogP contribution in [0.5, 0.6) is 0 Å². The third-order valence-corrected chi connectivity index (χ3v) is 4.36. The van der Waals surface area contributed by atoms with Crippen molar-refractivity contribution in [2.45, 2.75) is 26.7 Å². The molecule has 0 unspecified atom stereocenters. The Morgan fingerprint density at radius 3 is 2.39 bits per heavy atom. The highest BCUT2D eigenvalue weighted by atomic mass is 19.1. The summed E-state index contributed by atoms with van der Waals surface area (Å²) in [7, 11) is 4.61. The molecule has 0 aliphatic rings. The fraction of sp³-hybridized carbons (Fsp3) is 0.333. The van der Waals surface area contributed by atoms with Crippen molar-refractivity contribution in [3.8, 4) is 0 Å². The van der Waals surface area contributed by atoms with Gasteiger partial charge in [0.05, 0.1) is 17.0 Å². The summed E-state index contributed by atoms with van der Waals surface area (Å²) in [4.78, 5) is 8.55. The van der Waals surface area contributed by atoms with Crippen molar-refractivity contribution in [1.82, 2.24) is 0 Å². The van der Waals surface area contributed by atoms with Crippen molar-refractivity contribution >= 4 is 11.5 Å². The van der Waals surface area contributed by atoms with Crippen molar-refractivity contribution in [2.75, 3.05) is 27.8 Å². The van der Waals surface area contributed by atoms with E-state index in [9.17, 15) is 8.78 Å². The number of methoxy groups -OCH3 is 1. The minimum atomic E-state index is -0.463. The molecular weight excluding hydrogens is 398 g/mol. The summed E-state index contributed by atoms with van der Waals surface area (Å²) in [5.41, 5.74) is 14.0. The molecule has 0 saturated heterocycles. The lowest BCUT2D eigenvalue weighted by Gasteiger charge is -2.14. The first-order valence-electron chi connectivity index (χ1n) is 9.75. The number of hydrogen-bond donors (Lipinski definition) is 2. The van der Waals surface area contributed by atoms with E-state index < -0.39 is 11.6 Å². The van der Waals surface area contributed by atoms with Gasteiger partial charge in [-0.1, -0.05) is 30.9 Å². The number of ether oxygens (including phenoxy) is 1. The van der Waals surface area contributed by atoms with Gasteiger partial charge in [-0.15, -0.1) is 0 Å². The third kappa shape index (κ3) is 8.78. The molecule has 170 valence electrons. The molecule has 0 amide bonds. The molecule has 1 aromatic rings. The molecule has 0 radical (unpaired) electrons. The lowest BCUT2D eigenvalue weighted by Crippen LogP contribution is -2.16. The number of hydrogen-bond acceptors (Lipinski definition) is 4. The minimum absolute atomic E-state index is 0.231. The van der Waals surface area contributed by atoms with Crippen molar-refractivity contribution in [3.05, 3.63) is 83.1 Å². The van der Waals surface area contributed by atoms with Crippen LogP contribution in [0.4, 0.5) is 8.78 Å². The molecule has 5 nitrogen and oxygen atoms in total. The lowest BCUT2D eigenvalue weighted by atomic mass is 9.98. The fourth-order valence-corrected chi connectivity index (χ4v) is 2.67. The van der Waals surface area contributed by atoms with E-state index in [1.165, 1.54) is 26.2 Å². The third-order valence-electron chi connectivity index (χ3n) is 4.36. The molecule has 1 rings (SSSR count). The second-order valence-corrected chi connectivity index (χ2v) is 6.45. The summed E-state index contributed by atoms with van der Waals surface area (Å²) in [6, 6.07) is 4.73. The van der Waals surface area contributed by atoms with Crippen LogP contribution in [0.3, 0.4) is 0 Å². The predicted molar refractivity (Wildman–Crippen MR) is 128 cm³/mol. The van der Waals surface area contributed by atoms with Gasteiger partial charge in [0.15, 0.2) is 5.84 Å². The van der Waals surface area contributed by atoms with Gasteiger partial charge in [0, 0.05) is 20.8 Å². The van der Waals surface area contributed by atoms with Gasteiger partial charge in [0.2, 0.25) is 0 Å². The van der Waals surface area contributed by atoms with Crippen LogP contribution in [0.1, 0.15) is 30.9 Å². The van der Waals surface area contributed by atoms with E-state index in [1.807, 2.05) is 6.92 Å². The largest absolute Gasteiger partial charge is 0.397 e. The van der Waals surface area contributed by atoms with Crippen LogP contribution in [0.25, 0.3) is 0 Å². The summed E-state index contributed by atoms with van der Waals surface area (Å²) < 4.78 is 33.4. The molecule has 0 aliphatic carbocycles. The van der Waals surface area contributed by atoms with Crippen LogP contribution in [-0.4, -0.2) is 39.4 Å². The molecule has 0 bridgehead atoms. The molecule has 0 fully saturated rings. The van der Waals surface area contributed by atoms with Gasteiger partial charge in [-0.2, -0.15) is 0 Å².